The van der Waals surface area contributed by atoms with Gasteiger partial charge in [0.25, 0.3) is 0 Å². The van der Waals surface area contributed by atoms with Crippen molar-refractivity contribution in [3.63, 3.8) is 0 Å². The predicted molar refractivity (Wildman–Crippen MR) is 66.2 cm³/mol. The molecule has 0 N–H and O–H groups in total. The highest BCUT2D eigenvalue weighted by Gasteiger charge is 2.12. The molecule has 0 atom stereocenters. The Labute approximate surface area is 102 Å². The van der Waals surface area contributed by atoms with Crippen molar-refractivity contribution in [2.45, 2.75) is 0 Å². The SMILES string of the molecule is COc1ncc(-c2cnn(C)c2)c2scnc12. The van der Waals surface area contributed by atoms with Gasteiger partial charge in [-0.1, -0.05) is 0 Å². The van der Waals surface area contributed by atoms with Crippen LogP contribution in [0.3, 0.4) is 0 Å². The van der Waals surface area contributed by atoms with Crippen LogP contribution in [0.5, 0.6) is 5.88 Å². The van der Waals surface area contributed by atoms with Gasteiger partial charge < -0.3 is 4.74 Å². The van der Waals surface area contributed by atoms with Crippen LogP contribution in [-0.4, -0.2) is 26.9 Å². The zero-order valence-corrected chi connectivity index (χ0v) is 10.2. The summed E-state index contributed by atoms with van der Waals surface area (Å²) in [6.07, 6.45) is 5.58. The average Bonchev–Trinajstić information content (AvgIpc) is 2.96. The van der Waals surface area contributed by atoms with E-state index in [1.807, 2.05) is 19.4 Å². The zero-order valence-electron chi connectivity index (χ0n) is 9.41. The van der Waals surface area contributed by atoms with E-state index in [1.165, 1.54) is 0 Å². The molecular weight excluding hydrogens is 236 g/mol. The predicted octanol–water partition coefficient (Wildman–Crippen LogP) is 2.10. The molecule has 0 aliphatic heterocycles. The molecule has 0 bridgehead atoms. The van der Waals surface area contributed by atoms with E-state index in [4.69, 9.17) is 4.74 Å². The molecule has 3 rings (SSSR count). The van der Waals surface area contributed by atoms with Gasteiger partial charge in [0.2, 0.25) is 5.88 Å². The Kier molecular flexibility index (Phi) is 2.29. The van der Waals surface area contributed by atoms with E-state index in [0.717, 1.165) is 21.3 Å². The molecule has 5 nitrogen and oxygen atoms in total. The van der Waals surface area contributed by atoms with Crippen LogP contribution in [0.1, 0.15) is 0 Å². The van der Waals surface area contributed by atoms with E-state index in [2.05, 4.69) is 15.1 Å². The first kappa shape index (κ1) is 10.2. The maximum Gasteiger partial charge on any atom is 0.241 e. The van der Waals surface area contributed by atoms with Crippen LogP contribution >= 0.6 is 11.3 Å². The summed E-state index contributed by atoms with van der Waals surface area (Å²) in [5, 5.41) is 4.17. The Morgan fingerprint density at radius 2 is 2.18 bits per heavy atom. The van der Waals surface area contributed by atoms with E-state index in [0.29, 0.717) is 5.88 Å². The second kappa shape index (κ2) is 3.81. The fourth-order valence-corrected chi connectivity index (χ4v) is 2.56. The number of pyridine rings is 1. The molecule has 3 aromatic heterocycles. The lowest BCUT2D eigenvalue weighted by molar-refractivity contribution is 0.402. The van der Waals surface area contributed by atoms with Crippen molar-refractivity contribution in [3.05, 3.63) is 24.1 Å². The number of hydrogen-bond donors (Lipinski definition) is 0. The number of hydrogen-bond acceptors (Lipinski definition) is 5. The highest BCUT2D eigenvalue weighted by Crippen LogP contribution is 2.34. The van der Waals surface area contributed by atoms with E-state index in [1.54, 1.807) is 34.8 Å². The van der Waals surface area contributed by atoms with Gasteiger partial charge >= 0.3 is 0 Å². The Morgan fingerprint density at radius 3 is 2.88 bits per heavy atom. The topological polar surface area (TPSA) is 52.8 Å². The Balaban J connectivity index is 2.27. The molecule has 0 aliphatic carbocycles. The van der Waals surface area contributed by atoms with Crippen molar-refractivity contribution < 1.29 is 4.74 Å². The highest BCUT2D eigenvalue weighted by molar-refractivity contribution is 7.17. The minimum atomic E-state index is 0.564. The van der Waals surface area contributed by atoms with Crippen molar-refractivity contribution in [2.75, 3.05) is 7.11 Å². The molecule has 0 aromatic carbocycles. The lowest BCUT2D eigenvalue weighted by Gasteiger charge is -2.02. The summed E-state index contributed by atoms with van der Waals surface area (Å²) in [5.74, 6) is 0.564. The summed E-state index contributed by atoms with van der Waals surface area (Å²) in [6, 6.07) is 0. The fourth-order valence-electron chi connectivity index (χ4n) is 1.75. The van der Waals surface area contributed by atoms with E-state index < -0.39 is 0 Å². The monoisotopic (exact) mass is 246 g/mol. The second-order valence-electron chi connectivity index (χ2n) is 3.61. The van der Waals surface area contributed by atoms with Gasteiger partial charge in [-0.15, -0.1) is 11.3 Å². The van der Waals surface area contributed by atoms with Crippen molar-refractivity contribution in [3.8, 4) is 17.0 Å². The first-order chi connectivity index (χ1) is 8.29. The molecule has 6 heteroatoms. The van der Waals surface area contributed by atoms with Gasteiger partial charge in [-0.05, 0) is 0 Å². The minimum absolute atomic E-state index is 0.564. The van der Waals surface area contributed by atoms with Crippen molar-refractivity contribution in [1.29, 1.82) is 0 Å². The molecule has 0 saturated carbocycles. The number of fused-ring (bicyclic) bond motifs is 1. The number of aryl methyl sites for hydroxylation is 1. The molecule has 0 aliphatic rings. The van der Waals surface area contributed by atoms with Gasteiger partial charge in [-0.25, -0.2) is 9.97 Å². The number of aromatic nitrogens is 4. The number of thiazole rings is 1. The quantitative estimate of drug-likeness (QED) is 0.695. The molecule has 0 unspecified atom stereocenters. The maximum absolute atomic E-state index is 5.19. The van der Waals surface area contributed by atoms with Crippen LogP contribution in [0.15, 0.2) is 24.1 Å². The van der Waals surface area contributed by atoms with Gasteiger partial charge in [-0.3, -0.25) is 4.68 Å². The number of ether oxygens (including phenoxy) is 1. The van der Waals surface area contributed by atoms with Crippen molar-refractivity contribution in [2.24, 2.45) is 7.05 Å². The zero-order chi connectivity index (χ0) is 11.8. The van der Waals surface area contributed by atoms with Crippen molar-refractivity contribution >= 4 is 21.6 Å². The Bertz CT molecular complexity index is 673. The molecule has 0 spiro atoms. The standard InChI is InChI=1S/C11H10N4OS/c1-15-5-7(3-14-15)8-4-12-11(16-2)9-10(8)17-6-13-9/h3-6H,1-2H3. The summed E-state index contributed by atoms with van der Waals surface area (Å²) in [5.41, 5.74) is 4.68. The summed E-state index contributed by atoms with van der Waals surface area (Å²) < 4.78 is 8.04. The third kappa shape index (κ3) is 1.57. The van der Waals surface area contributed by atoms with Crippen LogP contribution in [0.25, 0.3) is 21.3 Å². The number of methoxy groups -OCH3 is 1. The maximum atomic E-state index is 5.19. The van der Waals surface area contributed by atoms with E-state index >= 15 is 0 Å². The van der Waals surface area contributed by atoms with Crippen molar-refractivity contribution in [1.82, 2.24) is 19.7 Å². The normalized spacial score (nSPS) is 10.9. The molecule has 3 heterocycles. The summed E-state index contributed by atoms with van der Waals surface area (Å²) in [6.45, 7) is 0. The third-order valence-electron chi connectivity index (χ3n) is 2.53. The average molecular weight is 246 g/mol. The van der Waals surface area contributed by atoms with Gasteiger partial charge in [-0.2, -0.15) is 5.10 Å². The molecule has 0 radical (unpaired) electrons. The molecule has 0 amide bonds. The fraction of sp³-hybridized carbons (Fsp3) is 0.182. The Morgan fingerprint density at radius 1 is 1.29 bits per heavy atom. The Hall–Kier alpha value is -1.95. The lowest BCUT2D eigenvalue weighted by atomic mass is 10.1. The molecule has 0 fully saturated rings. The largest absolute Gasteiger partial charge is 0.479 e. The second-order valence-corrected chi connectivity index (χ2v) is 4.47. The highest BCUT2D eigenvalue weighted by atomic mass is 32.1. The number of rotatable bonds is 2. The van der Waals surface area contributed by atoms with E-state index in [9.17, 15) is 0 Å². The van der Waals surface area contributed by atoms with Gasteiger partial charge in [0.1, 0.15) is 5.52 Å². The minimum Gasteiger partial charge on any atom is -0.479 e. The first-order valence-electron chi connectivity index (χ1n) is 5.05. The lowest BCUT2D eigenvalue weighted by Crippen LogP contribution is -1.89. The summed E-state index contributed by atoms with van der Waals surface area (Å²) in [4.78, 5) is 8.55. The molecular formula is C11H10N4OS. The van der Waals surface area contributed by atoms with Gasteiger partial charge in [0, 0.05) is 30.6 Å². The van der Waals surface area contributed by atoms with Crippen LogP contribution in [0.2, 0.25) is 0 Å². The van der Waals surface area contributed by atoms with Gasteiger partial charge in [0.05, 0.1) is 23.5 Å². The van der Waals surface area contributed by atoms with Gasteiger partial charge in [0.15, 0.2) is 0 Å². The number of nitrogens with zero attached hydrogens (tertiary/aromatic N) is 4. The molecule has 0 saturated heterocycles. The van der Waals surface area contributed by atoms with Crippen LogP contribution in [0.4, 0.5) is 0 Å². The molecule has 86 valence electrons. The molecule has 3 aromatic rings. The van der Waals surface area contributed by atoms with Crippen LogP contribution in [-0.2, 0) is 7.05 Å². The smallest absolute Gasteiger partial charge is 0.241 e. The summed E-state index contributed by atoms with van der Waals surface area (Å²) in [7, 11) is 3.50. The van der Waals surface area contributed by atoms with Crippen LogP contribution < -0.4 is 4.74 Å². The molecule has 17 heavy (non-hydrogen) atoms. The van der Waals surface area contributed by atoms with E-state index in [-0.39, 0.29) is 0 Å². The third-order valence-corrected chi connectivity index (χ3v) is 3.39. The van der Waals surface area contributed by atoms with Crippen LogP contribution in [0, 0.1) is 0 Å². The first-order valence-corrected chi connectivity index (χ1v) is 5.93. The summed E-state index contributed by atoms with van der Waals surface area (Å²) >= 11 is 1.58.